The molecule has 1 N–H and O–H groups in total. The minimum Gasteiger partial charge on any atom is -0.381 e. The molecule has 1 aromatic heterocycles. The predicted octanol–water partition coefficient (Wildman–Crippen LogP) is 2.72. The van der Waals surface area contributed by atoms with Crippen molar-refractivity contribution in [1.29, 1.82) is 0 Å². The summed E-state index contributed by atoms with van der Waals surface area (Å²) in [5, 5.41) is 3.31. The summed E-state index contributed by atoms with van der Waals surface area (Å²) >= 11 is 0. The second kappa shape index (κ2) is 8.17. The first-order chi connectivity index (χ1) is 10.2. The molecule has 0 saturated carbocycles. The van der Waals surface area contributed by atoms with E-state index in [0.717, 1.165) is 69.4 Å². The molecule has 0 unspecified atom stereocenters. The van der Waals surface area contributed by atoms with Gasteiger partial charge in [0.1, 0.15) is 17.5 Å². The van der Waals surface area contributed by atoms with Crippen molar-refractivity contribution in [2.75, 3.05) is 43.6 Å². The molecule has 0 aliphatic carbocycles. The fraction of sp³-hybridized carbons (Fsp3) is 0.750. The standard InChI is InChI=1S/C16H28N4O/c1-4-6-14-18-15(17-5-2)11-16(19-14)20(3)12-13-7-9-21-10-8-13/h11,13H,4-10,12H2,1-3H3,(H,17,18,19). The van der Waals surface area contributed by atoms with Gasteiger partial charge in [0.15, 0.2) is 0 Å². The van der Waals surface area contributed by atoms with E-state index in [1.807, 2.05) is 0 Å². The average Bonchev–Trinajstić information content (AvgIpc) is 2.49. The smallest absolute Gasteiger partial charge is 0.134 e. The number of rotatable bonds is 7. The van der Waals surface area contributed by atoms with Gasteiger partial charge in [-0.05, 0) is 32.1 Å². The van der Waals surface area contributed by atoms with Crippen molar-refractivity contribution in [3.05, 3.63) is 11.9 Å². The summed E-state index contributed by atoms with van der Waals surface area (Å²) in [6, 6.07) is 2.06. The molecular weight excluding hydrogens is 264 g/mol. The lowest BCUT2D eigenvalue weighted by atomic mass is 10.00. The Balaban J connectivity index is 2.08. The molecule has 1 aliphatic heterocycles. The number of nitrogens with one attached hydrogen (secondary N) is 1. The van der Waals surface area contributed by atoms with Crippen LogP contribution in [0.4, 0.5) is 11.6 Å². The Bertz CT molecular complexity index is 408. The highest BCUT2D eigenvalue weighted by Gasteiger charge is 2.17. The monoisotopic (exact) mass is 292 g/mol. The summed E-state index contributed by atoms with van der Waals surface area (Å²) in [5.41, 5.74) is 0. The number of nitrogens with zero attached hydrogens (tertiary/aromatic N) is 3. The third-order valence-corrected chi connectivity index (χ3v) is 3.85. The SMILES string of the molecule is CCCc1nc(NCC)cc(N(C)CC2CCOCC2)n1. The van der Waals surface area contributed by atoms with E-state index in [2.05, 4.69) is 42.2 Å². The van der Waals surface area contributed by atoms with Crippen molar-refractivity contribution in [2.24, 2.45) is 5.92 Å². The van der Waals surface area contributed by atoms with Crippen LogP contribution in [0.25, 0.3) is 0 Å². The van der Waals surface area contributed by atoms with Crippen LogP contribution in [-0.4, -0.2) is 43.3 Å². The van der Waals surface area contributed by atoms with Gasteiger partial charge in [0.2, 0.25) is 0 Å². The predicted molar refractivity (Wildman–Crippen MR) is 87.0 cm³/mol. The Morgan fingerprint density at radius 1 is 1.29 bits per heavy atom. The van der Waals surface area contributed by atoms with Crippen LogP contribution in [0.2, 0.25) is 0 Å². The lowest BCUT2D eigenvalue weighted by Gasteiger charge is -2.28. The van der Waals surface area contributed by atoms with Gasteiger partial charge in [-0.15, -0.1) is 0 Å². The number of hydrogen-bond acceptors (Lipinski definition) is 5. The van der Waals surface area contributed by atoms with Gasteiger partial charge in [-0.1, -0.05) is 6.92 Å². The van der Waals surface area contributed by atoms with E-state index >= 15 is 0 Å². The van der Waals surface area contributed by atoms with Crippen LogP contribution >= 0.6 is 0 Å². The number of hydrogen-bond donors (Lipinski definition) is 1. The second-order valence-corrected chi connectivity index (χ2v) is 5.74. The highest BCUT2D eigenvalue weighted by Crippen LogP contribution is 2.20. The van der Waals surface area contributed by atoms with Gasteiger partial charge in [-0.25, -0.2) is 9.97 Å². The first-order valence-corrected chi connectivity index (χ1v) is 8.13. The molecule has 1 saturated heterocycles. The zero-order valence-electron chi connectivity index (χ0n) is 13.6. The van der Waals surface area contributed by atoms with Gasteiger partial charge < -0.3 is 15.0 Å². The van der Waals surface area contributed by atoms with Gasteiger partial charge in [0.05, 0.1) is 0 Å². The van der Waals surface area contributed by atoms with Crippen molar-refractivity contribution in [2.45, 2.75) is 39.5 Å². The maximum atomic E-state index is 5.43. The fourth-order valence-corrected chi connectivity index (χ4v) is 2.70. The van der Waals surface area contributed by atoms with E-state index in [-0.39, 0.29) is 0 Å². The molecule has 0 amide bonds. The topological polar surface area (TPSA) is 50.3 Å². The third-order valence-electron chi connectivity index (χ3n) is 3.85. The van der Waals surface area contributed by atoms with Gasteiger partial charge in [0, 0.05) is 45.8 Å². The van der Waals surface area contributed by atoms with Crippen LogP contribution in [0.15, 0.2) is 6.07 Å². The van der Waals surface area contributed by atoms with Crippen LogP contribution in [0.5, 0.6) is 0 Å². The minimum atomic E-state index is 0.705. The molecule has 0 radical (unpaired) electrons. The summed E-state index contributed by atoms with van der Waals surface area (Å²) in [4.78, 5) is 11.5. The van der Waals surface area contributed by atoms with Gasteiger partial charge >= 0.3 is 0 Å². The van der Waals surface area contributed by atoms with Crippen LogP contribution < -0.4 is 10.2 Å². The first kappa shape index (κ1) is 16.0. The Morgan fingerprint density at radius 2 is 2.05 bits per heavy atom. The van der Waals surface area contributed by atoms with E-state index in [1.54, 1.807) is 0 Å². The molecule has 2 heterocycles. The van der Waals surface area contributed by atoms with Crippen molar-refractivity contribution >= 4 is 11.6 Å². The van der Waals surface area contributed by atoms with Crippen LogP contribution in [0, 0.1) is 5.92 Å². The maximum absolute atomic E-state index is 5.43. The molecule has 1 fully saturated rings. The van der Waals surface area contributed by atoms with Gasteiger partial charge in [-0.3, -0.25) is 0 Å². The lowest BCUT2D eigenvalue weighted by molar-refractivity contribution is 0.0685. The molecule has 0 spiro atoms. The van der Waals surface area contributed by atoms with Crippen LogP contribution in [-0.2, 0) is 11.2 Å². The summed E-state index contributed by atoms with van der Waals surface area (Å²) in [7, 11) is 2.13. The molecule has 5 heteroatoms. The van der Waals surface area contributed by atoms with Crippen LogP contribution in [0.3, 0.4) is 0 Å². The number of ether oxygens (including phenoxy) is 1. The van der Waals surface area contributed by atoms with E-state index in [1.165, 1.54) is 0 Å². The number of aromatic nitrogens is 2. The Morgan fingerprint density at radius 3 is 2.71 bits per heavy atom. The normalized spacial score (nSPS) is 16.0. The average molecular weight is 292 g/mol. The summed E-state index contributed by atoms with van der Waals surface area (Å²) in [6.45, 7) is 7.96. The molecule has 0 aromatic carbocycles. The molecule has 0 atom stereocenters. The number of anilines is 2. The Labute approximate surface area is 128 Å². The number of aryl methyl sites for hydroxylation is 1. The highest BCUT2D eigenvalue weighted by atomic mass is 16.5. The van der Waals surface area contributed by atoms with E-state index in [0.29, 0.717) is 5.92 Å². The molecule has 118 valence electrons. The first-order valence-electron chi connectivity index (χ1n) is 8.13. The third kappa shape index (κ3) is 4.84. The van der Waals surface area contributed by atoms with Crippen molar-refractivity contribution < 1.29 is 4.74 Å². The zero-order chi connectivity index (χ0) is 15.1. The molecule has 1 aromatic rings. The largest absolute Gasteiger partial charge is 0.381 e. The molecule has 1 aliphatic rings. The minimum absolute atomic E-state index is 0.705. The summed E-state index contributed by atoms with van der Waals surface area (Å²) in [6.07, 6.45) is 4.30. The van der Waals surface area contributed by atoms with E-state index < -0.39 is 0 Å². The molecular formula is C16H28N4O. The van der Waals surface area contributed by atoms with E-state index in [9.17, 15) is 0 Å². The maximum Gasteiger partial charge on any atom is 0.134 e. The molecule has 0 bridgehead atoms. The second-order valence-electron chi connectivity index (χ2n) is 5.74. The van der Waals surface area contributed by atoms with Crippen molar-refractivity contribution in [1.82, 2.24) is 9.97 Å². The van der Waals surface area contributed by atoms with Crippen molar-refractivity contribution in [3.8, 4) is 0 Å². The van der Waals surface area contributed by atoms with E-state index in [4.69, 9.17) is 9.72 Å². The Hall–Kier alpha value is -1.36. The molecule has 2 rings (SSSR count). The van der Waals surface area contributed by atoms with Gasteiger partial charge in [0.25, 0.3) is 0 Å². The van der Waals surface area contributed by atoms with Crippen molar-refractivity contribution in [3.63, 3.8) is 0 Å². The lowest BCUT2D eigenvalue weighted by Crippen LogP contribution is -2.30. The quantitative estimate of drug-likeness (QED) is 0.837. The van der Waals surface area contributed by atoms with Gasteiger partial charge in [-0.2, -0.15) is 0 Å². The summed E-state index contributed by atoms with van der Waals surface area (Å²) in [5.74, 6) is 3.60. The fourth-order valence-electron chi connectivity index (χ4n) is 2.70. The molecule has 21 heavy (non-hydrogen) atoms. The van der Waals surface area contributed by atoms with Crippen LogP contribution in [0.1, 0.15) is 38.9 Å². The zero-order valence-corrected chi connectivity index (χ0v) is 13.6. The highest BCUT2D eigenvalue weighted by molar-refractivity contribution is 5.49. The Kier molecular flexibility index (Phi) is 6.23. The molecule has 5 nitrogen and oxygen atoms in total. The summed E-state index contributed by atoms with van der Waals surface area (Å²) < 4.78 is 5.43.